The highest BCUT2D eigenvalue weighted by Crippen LogP contribution is 2.31. The molecule has 0 aromatic carbocycles. The molecule has 2 aromatic rings. The van der Waals surface area contributed by atoms with Gasteiger partial charge in [0, 0.05) is 6.20 Å². The highest BCUT2D eigenvalue weighted by atomic mass is 32.1. The van der Waals surface area contributed by atoms with E-state index in [1.807, 2.05) is 6.92 Å². The van der Waals surface area contributed by atoms with Gasteiger partial charge in [0.2, 0.25) is 0 Å². The first-order valence-electron chi connectivity index (χ1n) is 5.13. The zero-order valence-corrected chi connectivity index (χ0v) is 10.7. The highest BCUT2D eigenvalue weighted by molar-refractivity contribution is 7.18. The highest BCUT2D eigenvalue weighted by Gasteiger charge is 2.23. The van der Waals surface area contributed by atoms with Crippen LogP contribution in [-0.4, -0.2) is 15.0 Å². The van der Waals surface area contributed by atoms with Crippen LogP contribution in [0.25, 0.3) is 10.6 Å². The van der Waals surface area contributed by atoms with Crippen LogP contribution in [0, 0.1) is 6.92 Å². The number of aromatic nitrogens is 3. The Bertz CT molecular complexity index is 545. The van der Waals surface area contributed by atoms with Crippen LogP contribution in [0.1, 0.15) is 25.4 Å². The molecule has 0 fully saturated rings. The summed E-state index contributed by atoms with van der Waals surface area (Å²) in [6.07, 6.45) is 1.55. The number of nitrogens with two attached hydrogens (primary N) is 1. The Morgan fingerprint density at radius 1 is 1.35 bits per heavy atom. The Hall–Kier alpha value is -1.56. The fraction of sp³-hybridized carbons (Fsp3) is 0.364. The van der Waals surface area contributed by atoms with E-state index in [1.54, 1.807) is 12.3 Å². The molecule has 2 heterocycles. The molecule has 2 aromatic heterocycles. The van der Waals surface area contributed by atoms with Gasteiger partial charge >= 0.3 is 0 Å². The van der Waals surface area contributed by atoms with Crippen molar-refractivity contribution in [2.75, 3.05) is 5.73 Å². The van der Waals surface area contributed by atoms with E-state index in [0.717, 1.165) is 10.6 Å². The van der Waals surface area contributed by atoms with E-state index in [2.05, 4.69) is 15.0 Å². The van der Waals surface area contributed by atoms with Crippen molar-refractivity contribution in [2.45, 2.75) is 26.4 Å². The molecule has 17 heavy (non-hydrogen) atoms. The number of aryl methyl sites for hydroxylation is 1. The van der Waals surface area contributed by atoms with Crippen molar-refractivity contribution in [1.82, 2.24) is 15.0 Å². The van der Waals surface area contributed by atoms with Crippen LogP contribution in [0.4, 0.5) is 9.52 Å². The van der Waals surface area contributed by atoms with Crippen LogP contribution in [0.15, 0.2) is 12.3 Å². The third kappa shape index (κ3) is 2.41. The number of alkyl halides is 1. The number of nitrogens with zero attached hydrogens (tertiary/aromatic N) is 3. The molecule has 0 spiro atoms. The number of halogens is 1. The normalized spacial score (nSPS) is 11.8. The zero-order valence-electron chi connectivity index (χ0n) is 9.86. The predicted octanol–water partition coefficient (Wildman–Crippen LogP) is 2.70. The first-order valence-corrected chi connectivity index (χ1v) is 5.95. The number of hydrogen-bond donors (Lipinski definition) is 1. The number of nitrogen functional groups attached to an aromatic ring is 1. The van der Waals surface area contributed by atoms with Crippen molar-refractivity contribution < 1.29 is 4.39 Å². The quantitative estimate of drug-likeness (QED) is 0.892. The van der Waals surface area contributed by atoms with Crippen molar-refractivity contribution in [3.8, 4) is 10.6 Å². The summed E-state index contributed by atoms with van der Waals surface area (Å²) in [4.78, 5) is 13.1. The smallest absolute Gasteiger partial charge is 0.180 e. The van der Waals surface area contributed by atoms with E-state index in [0.29, 0.717) is 10.8 Å². The molecule has 2 rings (SSSR count). The van der Waals surface area contributed by atoms with Crippen molar-refractivity contribution >= 4 is 16.5 Å². The summed E-state index contributed by atoms with van der Waals surface area (Å²) in [5.41, 5.74) is 5.53. The van der Waals surface area contributed by atoms with E-state index in [9.17, 15) is 4.39 Å². The SMILES string of the molecule is Cc1nc(N)sc1-c1ccnc(C(C)(C)F)n1. The van der Waals surface area contributed by atoms with Gasteiger partial charge in [-0.3, -0.25) is 0 Å². The molecule has 0 aliphatic heterocycles. The van der Waals surface area contributed by atoms with E-state index >= 15 is 0 Å². The lowest BCUT2D eigenvalue weighted by Gasteiger charge is -2.12. The van der Waals surface area contributed by atoms with Gasteiger partial charge in [-0.15, -0.1) is 0 Å². The average molecular weight is 252 g/mol. The van der Waals surface area contributed by atoms with Crippen LogP contribution < -0.4 is 5.73 Å². The molecule has 0 saturated carbocycles. The van der Waals surface area contributed by atoms with Gasteiger partial charge in [-0.05, 0) is 26.8 Å². The second kappa shape index (κ2) is 4.03. The first kappa shape index (κ1) is 11.9. The minimum absolute atomic E-state index is 0.168. The molecule has 6 heteroatoms. The van der Waals surface area contributed by atoms with Crippen LogP contribution in [-0.2, 0) is 5.67 Å². The lowest BCUT2D eigenvalue weighted by atomic mass is 10.1. The molecule has 0 aliphatic rings. The van der Waals surface area contributed by atoms with E-state index < -0.39 is 5.67 Å². The number of rotatable bonds is 2. The number of thiazole rings is 1. The summed E-state index contributed by atoms with van der Waals surface area (Å²) < 4.78 is 13.8. The second-order valence-corrected chi connectivity index (χ2v) is 5.24. The molecule has 0 bridgehead atoms. The zero-order chi connectivity index (χ0) is 12.6. The molecule has 0 atom stereocenters. The standard InChI is InChI=1S/C11H13FN4S/c1-6-8(17-10(13)15-6)7-4-5-14-9(16-7)11(2,3)12/h4-5H,1-3H3,(H2,13,15). The molecule has 4 nitrogen and oxygen atoms in total. The largest absolute Gasteiger partial charge is 0.375 e. The summed E-state index contributed by atoms with van der Waals surface area (Å²) in [7, 11) is 0. The van der Waals surface area contributed by atoms with Gasteiger partial charge in [-0.25, -0.2) is 19.3 Å². The molecule has 0 aliphatic carbocycles. The molecule has 0 radical (unpaired) electrons. The Morgan fingerprint density at radius 2 is 2.06 bits per heavy atom. The third-order valence-corrected chi connectivity index (χ3v) is 3.24. The van der Waals surface area contributed by atoms with Crippen molar-refractivity contribution in [3.63, 3.8) is 0 Å². The third-order valence-electron chi connectivity index (χ3n) is 2.23. The maximum atomic E-state index is 13.8. The molecule has 2 N–H and O–H groups in total. The lowest BCUT2D eigenvalue weighted by Crippen LogP contribution is -2.14. The number of anilines is 1. The molecular weight excluding hydrogens is 239 g/mol. The first-order chi connectivity index (χ1) is 7.88. The molecule has 0 unspecified atom stereocenters. The van der Waals surface area contributed by atoms with E-state index in [1.165, 1.54) is 25.2 Å². The average Bonchev–Trinajstić information content (AvgIpc) is 2.57. The van der Waals surface area contributed by atoms with Crippen molar-refractivity contribution in [1.29, 1.82) is 0 Å². The van der Waals surface area contributed by atoms with Gasteiger partial charge in [-0.2, -0.15) is 0 Å². The van der Waals surface area contributed by atoms with Gasteiger partial charge in [0.1, 0.15) is 0 Å². The number of hydrogen-bond acceptors (Lipinski definition) is 5. The predicted molar refractivity (Wildman–Crippen MR) is 66.4 cm³/mol. The van der Waals surface area contributed by atoms with Gasteiger partial charge in [0.25, 0.3) is 0 Å². The fourth-order valence-electron chi connectivity index (χ4n) is 1.43. The van der Waals surface area contributed by atoms with Crippen molar-refractivity contribution in [2.24, 2.45) is 0 Å². The molecular formula is C11H13FN4S. The summed E-state index contributed by atoms with van der Waals surface area (Å²) >= 11 is 1.34. The van der Waals surface area contributed by atoms with E-state index in [-0.39, 0.29) is 5.82 Å². The summed E-state index contributed by atoms with van der Waals surface area (Å²) in [6.45, 7) is 4.71. The van der Waals surface area contributed by atoms with Gasteiger partial charge < -0.3 is 5.73 Å². The minimum atomic E-state index is -1.56. The van der Waals surface area contributed by atoms with Gasteiger partial charge in [-0.1, -0.05) is 11.3 Å². The maximum Gasteiger partial charge on any atom is 0.180 e. The van der Waals surface area contributed by atoms with Crippen molar-refractivity contribution in [3.05, 3.63) is 23.8 Å². The lowest BCUT2D eigenvalue weighted by molar-refractivity contribution is 0.206. The monoisotopic (exact) mass is 252 g/mol. The molecule has 90 valence electrons. The minimum Gasteiger partial charge on any atom is -0.375 e. The Kier molecular flexibility index (Phi) is 2.82. The summed E-state index contributed by atoms with van der Waals surface area (Å²) in [6, 6.07) is 1.73. The van der Waals surface area contributed by atoms with Crippen LogP contribution in [0.5, 0.6) is 0 Å². The second-order valence-electron chi connectivity index (χ2n) is 4.20. The summed E-state index contributed by atoms with van der Waals surface area (Å²) in [5.74, 6) is 0.168. The van der Waals surface area contributed by atoms with E-state index in [4.69, 9.17) is 5.73 Å². The molecule has 0 saturated heterocycles. The Morgan fingerprint density at radius 3 is 2.59 bits per heavy atom. The maximum absolute atomic E-state index is 13.8. The molecule has 0 amide bonds. The Balaban J connectivity index is 2.50. The van der Waals surface area contributed by atoms with Gasteiger partial charge in [0.05, 0.1) is 16.3 Å². The van der Waals surface area contributed by atoms with Crippen LogP contribution >= 0.6 is 11.3 Å². The Labute approximate surface area is 103 Å². The van der Waals surface area contributed by atoms with Crippen LogP contribution in [0.2, 0.25) is 0 Å². The topological polar surface area (TPSA) is 64.7 Å². The fourth-order valence-corrected chi connectivity index (χ4v) is 2.23. The van der Waals surface area contributed by atoms with Gasteiger partial charge in [0.15, 0.2) is 16.6 Å². The summed E-state index contributed by atoms with van der Waals surface area (Å²) in [5, 5.41) is 0.483. The van der Waals surface area contributed by atoms with Crippen LogP contribution in [0.3, 0.4) is 0 Å².